The molecule has 4 heteroatoms. The van der Waals surface area contributed by atoms with Crippen molar-refractivity contribution in [2.45, 2.75) is 19.3 Å². The van der Waals surface area contributed by atoms with Crippen LogP contribution in [-0.4, -0.2) is 31.5 Å². The van der Waals surface area contributed by atoms with Crippen LogP contribution in [-0.2, 0) is 5.41 Å². The molecule has 0 bridgehead atoms. The highest BCUT2D eigenvalue weighted by molar-refractivity contribution is 5.50. The van der Waals surface area contributed by atoms with E-state index in [1.54, 1.807) is 0 Å². The first-order valence-corrected chi connectivity index (χ1v) is 5.82. The zero-order chi connectivity index (χ0) is 12.5. The number of hydrogen-bond donors (Lipinski definition) is 2. The molecule has 1 aliphatic rings. The summed E-state index contributed by atoms with van der Waals surface area (Å²) in [4.78, 5) is 0. The van der Waals surface area contributed by atoms with Gasteiger partial charge >= 0.3 is 0 Å². The van der Waals surface area contributed by atoms with Gasteiger partial charge in [-0.05, 0) is 30.2 Å². The van der Waals surface area contributed by atoms with Gasteiger partial charge < -0.3 is 20.3 Å². The van der Waals surface area contributed by atoms with E-state index in [1.165, 1.54) is 0 Å². The Morgan fingerprint density at radius 3 is 2.41 bits per heavy atom. The summed E-state index contributed by atoms with van der Waals surface area (Å²) >= 11 is 0. The van der Waals surface area contributed by atoms with E-state index in [0.29, 0.717) is 19.8 Å². The second kappa shape index (κ2) is 4.55. The van der Waals surface area contributed by atoms with Crippen molar-refractivity contribution in [3.8, 4) is 11.5 Å². The van der Waals surface area contributed by atoms with Gasteiger partial charge in [0, 0.05) is 12.0 Å². The predicted molar refractivity (Wildman–Crippen MR) is 65.7 cm³/mol. The molecule has 0 amide bonds. The van der Waals surface area contributed by atoms with Crippen LogP contribution in [0.4, 0.5) is 0 Å². The third kappa shape index (κ3) is 2.10. The monoisotopic (exact) mass is 237 g/mol. The SMILES string of the molecule is Cc1cc2c(cc1C(C)(CN)CO)OCCO2. The third-order valence-corrected chi connectivity index (χ3v) is 3.34. The van der Waals surface area contributed by atoms with Gasteiger partial charge in [0.15, 0.2) is 11.5 Å². The van der Waals surface area contributed by atoms with Crippen LogP contribution in [0.2, 0.25) is 0 Å². The van der Waals surface area contributed by atoms with E-state index < -0.39 is 5.41 Å². The average molecular weight is 237 g/mol. The molecular formula is C13H19NO3. The van der Waals surface area contributed by atoms with Crippen LogP contribution in [0.3, 0.4) is 0 Å². The lowest BCUT2D eigenvalue weighted by molar-refractivity contribution is 0.169. The van der Waals surface area contributed by atoms with Gasteiger partial charge in [0.1, 0.15) is 13.2 Å². The predicted octanol–water partition coefficient (Wildman–Crippen LogP) is 0.975. The van der Waals surface area contributed by atoms with Crippen LogP contribution in [0.15, 0.2) is 12.1 Å². The number of rotatable bonds is 3. The van der Waals surface area contributed by atoms with Crippen molar-refractivity contribution in [1.29, 1.82) is 0 Å². The molecule has 4 nitrogen and oxygen atoms in total. The highest BCUT2D eigenvalue weighted by atomic mass is 16.6. The first-order chi connectivity index (χ1) is 8.10. The molecule has 1 aromatic rings. The summed E-state index contributed by atoms with van der Waals surface area (Å²) < 4.78 is 11.1. The molecule has 0 radical (unpaired) electrons. The van der Waals surface area contributed by atoms with Gasteiger partial charge in [0.25, 0.3) is 0 Å². The quantitative estimate of drug-likeness (QED) is 0.822. The summed E-state index contributed by atoms with van der Waals surface area (Å²) in [5, 5.41) is 9.52. The van der Waals surface area contributed by atoms with Crippen molar-refractivity contribution in [3.05, 3.63) is 23.3 Å². The van der Waals surface area contributed by atoms with Crippen LogP contribution in [0.5, 0.6) is 11.5 Å². The summed E-state index contributed by atoms with van der Waals surface area (Å²) in [5.74, 6) is 1.51. The van der Waals surface area contributed by atoms with Crippen molar-refractivity contribution in [1.82, 2.24) is 0 Å². The van der Waals surface area contributed by atoms with E-state index in [4.69, 9.17) is 15.2 Å². The topological polar surface area (TPSA) is 64.7 Å². The fraction of sp³-hybridized carbons (Fsp3) is 0.538. The van der Waals surface area contributed by atoms with Crippen molar-refractivity contribution >= 4 is 0 Å². The maximum absolute atomic E-state index is 9.52. The lowest BCUT2D eigenvalue weighted by atomic mass is 9.80. The largest absolute Gasteiger partial charge is 0.486 e. The van der Waals surface area contributed by atoms with Gasteiger partial charge in [-0.25, -0.2) is 0 Å². The van der Waals surface area contributed by atoms with Crippen molar-refractivity contribution in [2.24, 2.45) is 5.73 Å². The first kappa shape index (κ1) is 12.2. The Kier molecular flexibility index (Phi) is 3.26. The molecular weight excluding hydrogens is 218 g/mol. The Labute approximate surface area is 101 Å². The Hall–Kier alpha value is -1.26. The van der Waals surface area contributed by atoms with Crippen LogP contribution in [0, 0.1) is 6.92 Å². The molecule has 0 saturated heterocycles. The number of hydrogen-bond acceptors (Lipinski definition) is 4. The molecule has 1 heterocycles. The molecule has 17 heavy (non-hydrogen) atoms. The van der Waals surface area contributed by atoms with Gasteiger partial charge in [-0.3, -0.25) is 0 Å². The zero-order valence-corrected chi connectivity index (χ0v) is 10.3. The molecule has 1 unspecified atom stereocenters. The molecule has 0 aromatic heterocycles. The zero-order valence-electron chi connectivity index (χ0n) is 10.3. The minimum absolute atomic E-state index is 0.0178. The third-order valence-electron chi connectivity index (χ3n) is 3.34. The number of aryl methyl sites for hydroxylation is 1. The fourth-order valence-electron chi connectivity index (χ4n) is 2.10. The molecule has 0 saturated carbocycles. The Morgan fingerprint density at radius 2 is 1.88 bits per heavy atom. The van der Waals surface area contributed by atoms with Crippen LogP contribution in [0.1, 0.15) is 18.1 Å². The molecule has 3 N–H and O–H groups in total. The van der Waals surface area contributed by atoms with Crippen LogP contribution < -0.4 is 15.2 Å². The van der Waals surface area contributed by atoms with Gasteiger partial charge in [-0.1, -0.05) is 6.92 Å². The first-order valence-electron chi connectivity index (χ1n) is 5.82. The Balaban J connectivity index is 2.48. The van der Waals surface area contributed by atoms with Crippen LogP contribution in [0.25, 0.3) is 0 Å². The second-order valence-electron chi connectivity index (χ2n) is 4.73. The number of ether oxygens (including phenoxy) is 2. The highest BCUT2D eigenvalue weighted by Crippen LogP contribution is 2.37. The molecule has 1 aromatic carbocycles. The maximum atomic E-state index is 9.52. The van der Waals surface area contributed by atoms with E-state index in [0.717, 1.165) is 22.6 Å². The van der Waals surface area contributed by atoms with Crippen LogP contribution >= 0.6 is 0 Å². The summed E-state index contributed by atoms with van der Waals surface area (Å²) in [6.07, 6.45) is 0. The van der Waals surface area contributed by atoms with Gasteiger partial charge in [-0.15, -0.1) is 0 Å². The number of benzene rings is 1. The molecule has 0 aliphatic carbocycles. The minimum atomic E-state index is -0.431. The van der Waals surface area contributed by atoms with E-state index in [9.17, 15) is 5.11 Å². The highest BCUT2D eigenvalue weighted by Gasteiger charge is 2.28. The standard InChI is InChI=1S/C13H19NO3/c1-9-5-11-12(17-4-3-16-11)6-10(9)13(2,7-14)8-15/h5-6,15H,3-4,7-8,14H2,1-2H3. The minimum Gasteiger partial charge on any atom is -0.486 e. The normalized spacial score (nSPS) is 17.6. The van der Waals surface area contributed by atoms with E-state index in [1.807, 2.05) is 26.0 Å². The number of aliphatic hydroxyl groups is 1. The summed E-state index contributed by atoms with van der Waals surface area (Å²) in [6.45, 7) is 5.50. The summed E-state index contributed by atoms with van der Waals surface area (Å²) in [5.41, 5.74) is 7.42. The maximum Gasteiger partial charge on any atom is 0.161 e. The van der Waals surface area contributed by atoms with E-state index in [-0.39, 0.29) is 6.61 Å². The molecule has 0 fully saturated rings. The van der Waals surface area contributed by atoms with Gasteiger partial charge in [0.05, 0.1) is 6.61 Å². The molecule has 1 atom stereocenters. The number of nitrogens with two attached hydrogens (primary N) is 1. The lowest BCUT2D eigenvalue weighted by Crippen LogP contribution is -2.36. The molecule has 1 aliphatic heterocycles. The lowest BCUT2D eigenvalue weighted by Gasteiger charge is -2.30. The van der Waals surface area contributed by atoms with E-state index >= 15 is 0 Å². The fourth-order valence-corrected chi connectivity index (χ4v) is 2.10. The Bertz CT molecular complexity index is 413. The van der Waals surface area contributed by atoms with Crippen molar-refractivity contribution in [3.63, 3.8) is 0 Å². The Morgan fingerprint density at radius 1 is 1.29 bits per heavy atom. The van der Waals surface area contributed by atoms with E-state index in [2.05, 4.69) is 0 Å². The summed E-state index contributed by atoms with van der Waals surface area (Å²) in [6, 6.07) is 3.89. The molecule has 0 spiro atoms. The smallest absolute Gasteiger partial charge is 0.161 e. The number of aliphatic hydroxyl groups excluding tert-OH is 1. The average Bonchev–Trinajstić information content (AvgIpc) is 2.37. The molecule has 94 valence electrons. The molecule has 2 rings (SSSR count). The van der Waals surface area contributed by atoms with Crippen molar-refractivity contribution < 1.29 is 14.6 Å². The second-order valence-corrected chi connectivity index (χ2v) is 4.73. The van der Waals surface area contributed by atoms with Crippen molar-refractivity contribution in [2.75, 3.05) is 26.4 Å². The van der Waals surface area contributed by atoms with Gasteiger partial charge in [-0.2, -0.15) is 0 Å². The summed E-state index contributed by atoms with van der Waals surface area (Å²) in [7, 11) is 0. The number of fused-ring (bicyclic) bond motifs is 1. The van der Waals surface area contributed by atoms with Gasteiger partial charge in [0.2, 0.25) is 0 Å².